The molecule has 0 spiro atoms. The van der Waals surface area contributed by atoms with Crippen molar-refractivity contribution < 1.29 is 4.79 Å². The molecule has 2 saturated carbocycles. The molecular formula is C11H18O. The van der Waals surface area contributed by atoms with Gasteiger partial charge in [-0.15, -0.1) is 0 Å². The lowest BCUT2D eigenvalue weighted by Crippen LogP contribution is -2.36. The van der Waals surface area contributed by atoms with Crippen LogP contribution in [0.15, 0.2) is 0 Å². The Bertz CT molecular complexity index is 183. The van der Waals surface area contributed by atoms with Crippen molar-refractivity contribution in [3.63, 3.8) is 0 Å². The maximum absolute atomic E-state index is 11.6. The lowest BCUT2D eigenvalue weighted by molar-refractivity contribution is -0.130. The summed E-state index contributed by atoms with van der Waals surface area (Å²) in [5.41, 5.74) is 0. The summed E-state index contributed by atoms with van der Waals surface area (Å²) in [5.74, 6) is 2.46. The number of carbonyl (C=O) groups is 1. The van der Waals surface area contributed by atoms with Gasteiger partial charge >= 0.3 is 0 Å². The van der Waals surface area contributed by atoms with Gasteiger partial charge in [0.25, 0.3) is 0 Å². The first-order valence-electron chi connectivity index (χ1n) is 5.32. The maximum atomic E-state index is 11.6. The molecule has 3 atom stereocenters. The number of fused-ring (bicyclic) bond motifs is 1. The van der Waals surface area contributed by atoms with Crippen LogP contribution in [0.3, 0.4) is 0 Å². The first kappa shape index (κ1) is 8.28. The van der Waals surface area contributed by atoms with Gasteiger partial charge in [0.15, 0.2) is 0 Å². The fraction of sp³-hybridized carbons (Fsp3) is 0.909. The van der Waals surface area contributed by atoms with Crippen LogP contribution in [0.1, 0.15) is 45.4 Å². The van der Waals surface area contributed by atoms with Gasteiger partial charge in [-0.25, -0.2) is 0 Å². The Morgan fingerprint density at radius 1 is 1.17 bits per heavy atom. The summed E-state index contributed by atoms with van der Waals surface area (Å²) in [6.07, 6.45) is 7.31. The van der Waals surface area contributed by atoms with E-state index in [1.54, 1.807) is 0 Å². The normalized spacial score (nSPS) is 42.4. The summed E-state index contributed by atoms with van der Waals surface area (Å²) in [6.45, 7) is 2.26. The lowest BCUT2D eigenvalue weighted by atomic mass is 9.65. The van der Waals surface area contributed by atoms with Gasteiger partial charge in [-0.2, -0.15) is 0 Å². The minimum Gasteiger partial charge on any atom is -0.299 e. The Morgan fingerprint density at radius 2 is 1.92 bits per heavy atom. The number of hydrogen-bond donors (Lipinski definition) is 0. The predicted molar refractivity (Wildman–Crippen MR) is 48.9 cm³/mol. The molecule has 0 aliphatic heterocycles. The van der Waals surface area contributed by atoms with Gasteiger partial charge in [-0.1, -0.05) is 19.8 Å². The van der Waals surface area contributed by atoms with Crippen LogP contribution in [0.25, 0.3) is 0 Å². The van der Waals surface area contributed by atoms with Crippen LogP contribution in [0.2, 0.25) is 0 Å². The monoisotopic (exact) mass is 166 g/mol. The molecule has 1 heteroatoms. The van der Waals surface area contributed by atoms with E-state index in [0.29, 0.717) is 17.6 Å². The van der Waals surface area contributed by atoms with Crippen LogP contribution in [-0.4, -0.2) is 5.78 Å². The number of carbonyl (C=O) groups excluding carboxylic acids is 1. The third-order valence-corrected chi connectivity index (χ3v) is 3.73. The Balaban J connectivity index is 2.12. The van der Waals surface area contributed by atoms with E-state index in [-0.39, 0.29) is 0 Å². The number of ketones is 1. The van der Waals surface area contributed by atoms with Gasteiger partial charge in [0.2, 0.25) is 0 Å². The average molecular weight is 166 g/mol. The van der Waals surface area contributed by atoms with Crippen molar-refractivity contribution in [1.29, 1.82) is 0 Å². The van der Waals surface area contributed by atoms with E-state index >= 15 is 0 Å². The highest BCUT2D eigenvalue weighted by atomic mass is 16.1. The van der Waals surface area contributed by atoms with Crippen LogP contribution < -0.4 is 0 Å². The zero-order chi connectivity index (χ0) is 8.55. The molecule has 0 heterocycles. The van der Waals surface area contributed by atoms with Gasteiger partial charge in [-0.05, 0) is 31.1 Å². The molecule has 1 nitrogen and oxygen atoms in total. The average Bonchev–Trinajstić information content (AvgIpc) is 2.04. The van der Waals surface area contributed by atoms with E-state index in [4.69, 9.17) is 0 Å². The zero-order valence-corrected chi connectivity index (χ0v) is 7.88. The summed E-state index contributed by atoms with van der Waals surface area (Å²) in [4.78, 5) is 11.6. The van der Waals surface area contributed by atoms with Crippen molar-refractivity contribution in [3.8, 4) is 0 Å². The third kappa shape index (κ3) is 1.30. The van der Waals surface area contributed by atoms with E-state index in [2.05, 4.69) is 6.92 Å². The molecule has 2 fully saturated rings. The van der Waals surface area contributed by atoms with Crippen LogP contribution in [0.4, 0.5) is 0 Å². The molecule has 2 aliphatic carbocycles. The maximum Gasteiger partial charge on any atom is 0.136 e. The molecule has 68 valence electrons. The summed E-state index contributed by atoms with van der Waals surface area (Å²) in [6, 6.07) is 0. The van der Waals surface area contributed by atoms with Gasteiger partial charge < -0.3 is 0 Å². The summed E-state index contributed by atoms with van der Waals surface area (Å²) < 4.78 is 0. The molecule has 0 unspecified atom stereocenters. The van der Waals surface area contributed by atoms with Crippen LogP contribution in [-0.2, 0) is 4.79 Å². The quantitative estimate of drug-likeness (QED) is 0.541. The van der Waals surface area contributed by atoms with Crippen LogP contribution in [0.5, 0.6) is 0 Å². The molecule has 2 aliphatic rings. The number of rotatable bonds is 0. The van der Waals surface area contributed by atoms with Crippen molar-refractivity contribution in [2.75, 3.05) is 0 Å². The molecule has 0 radical (unpaired) electrons. The van der Waals surface area contributed by atoms with Crippen LogP contribution in [0, 0.1) is 17.8 Å². The highest BCUT2D eigenvalue weighted by Crippen LogP contribution is 2.41. The van der Waals surface area contributed by atoms with E-state index in [1.165, 1.54) is 25.7 Å². The van der Waals surface area contributed by atoms with Crippen LogP contribution >= 0.6 is 0 Å². The number of Topliss-reactive ketones (excluding diaryl/α,β-unsaturated/α-hetero) is 1. The predicted octanol–water partition coefficient (Wildman–Crippen LogP) is 2.79. The lowest BCUT2D eigenvalue weighted by Gasteiger charge is -2.38. The largest absolute Gasteiger partial charge is 0.299 e. The standard InChI is InChI=1S/C11H18O/c1-8-4-2-5-9-6-3-7-10(12)11(8)9/h8-9,11H,2-7H2,1H3/t8-,9-,11-/m1/s1. The van der Waals surface area contributed by atoms with Crippen molar-refractivity contribution in [2.45, 2.75) is 45.4 Å². The SMILES string of the molecule is C[C@@H]1CCC[C@@H]2CCCC(=O)[C@@H]21. The molecule has 0 bridgehead atoms. The molecule has 0 aromatic heterocycles. The highest BCUT2D eigenvalue weighted by molar-refractivity contribution is 5.82. The molecule has 0 aromatic rings. The fourth-order valence-corrected chi connectivity index (χ4v) is 3.14. The zero-order valence-electron chi connectivity index (χ0n) is 7.88. The van der Waals surface area contributed by atoms with Crippen molar-refractivity contribution in [2.24, 2.45) is 17.8 Å². The van der Waals surface area contributed by atoms with Gasteiger partial charge in [0.05, 0.1) is 0 Å². The smallest absolute Gasteiger partial charge is 0.136 e. The van der Waals surface area contributed by atoms with E-state index in [1.807, 2.05) is 0 Å². The van der Waals surface area contributed by atoms with Crippen molar-refractivity contribution in [3.05, 3.63) is 0 Å². The van der Waals surface area contributed by atoms with E-state index in [0.717, 1.165) is 18.8 Å². The molecular weight excluding hydrogens is 148 g/mol. The minimum atomic E-state index is 0.451. The summed E-state index contributed by atoms with van der Waals surface area (Å²) in [5, 5.41) is 0. The Morgan fingerprint density at radius 3 is 2.67 bits per heavy atom. The fourth-order valence-electron chi connectivity index (χ4n) is 3.14. The second-order valence-electron chi connectivity index (χ2n) is 4.55. The Kier molecular flexibility index (Phi) is 2.20. The third-order valence-electron chi connectivity index (χ3n) is 3.73. The second-order valence-corrected chi connectivity index (χ2v) is 4.55. The highest BCUT2D eigenvalue weighted by Gasteiger charge is 2.37. The molecule has 0 N–H and O–H groups in total. The summed E-state index contributed by atoms with van der Waals surface area (Å²) in [7, 11) is 0. The first-order valence-corrected chi connectivity index (χ1v) is 5.32. The molecule has 0 saturated heterocycles. The molecule has 0 amide bonds. The van der Waals surface area contributed by atoms with Crippen molar-refractivity contribution in [1.82, 2.24) is 0 Å². The molecule has 12 heavy (non-hydrogen) atoms. The Labute approximate surface area is 74.5 Å². The molecule has 0 aromatic carbocycles. The molecule has 2 rings (SSSR count). The summed E-state index contributed by atoms with van der Waals surface area (Å²) >= 11 is 0. The second kappa shape index (κ2) is 3.20. The topological polar surface area (TPSA) is 17.1 Å². The van der Waals surface area contributed by atoms with Gasteiger partial charge in [-0.3, -0.25) is 4.79 Å². The van der Waals surface area contributed by atoms with E-state index in [9.17, 15) is 4.79 Å². The van der Waals surface area contributed by atoms with Gasteiger partial charge in [0.1, 0.15) is 5.78 Å². The first-order chi connectivity index (χ1) is 5.79. The Hall–Kier alpha value is -0.330. The van der Waals surface area contributed by atoms with E-state index < -0.39 is 0 Å². The van der Waals surface area contributed by atoms with Gasteiger partial charge in [0, 0.05) is 12.3 Å². The minimum absolute atomic E-state index is 0.451. The van der Waals surface area contributed by atoms with Crippen molar-refractivity contribution >= 4 is 5.78 Å². The number of hydrogen-bond acceptors (Lipinski definition) is 1.